The summed E-state index contributed by atoms with van der Waals surface area (Å²) in [6, 6.07) is 1.75. The van der Waals surface area contributed by atoms with Crippen LogP contribution < -0.4 is 11.3 Å². The van der Waals surface area contributed by atoms with E-state index in [2.05, 4.69) is 20.9 Å². The van der Waals surface area contributed by atoms with Crippen molar-refractivity contribution in [2.75, 3.05) is 5.73 Å². The van der Waals surface area contributed by atoms with Gasteiger partial charge in [0.1, 0.15) is 5.65 Å². The maximum Gasteiger partial charge on any atom is 0.261 e. The molecular weight excluding hydrogens is 216 g/mol. The molecule has 0 bridgehead atoms. The first kappa shape index (κ1) is 12.8. The first-order chi connectivity index (χ1) is 8.20. The fourth-order valence-electron chi connectivity index (χ4n) is 1.43. The molecule has 0 aromatic carbocycles. The monoisotopic (exact) mass is 232 g/mol. The predicted molar refractivity (Wildman–Crippen MR) is 69.6 cm³/mol. The fourth-order valence-corrected chi connectivity index (χ4v) is 1.43. The van der Waals surface area contributed by atoms with Crippen LogP contribution in [0, 0.1) is 12.3 Å². The van der Waals surface area contributed by atoms with Crippen LogP contribution in [0.3, 0.4) is 0 Å². The van der Waals surface area contributed by atoms with E-state index in [1.54, 1.807) is 6.07 Å². The summed E-state index contributed by atoms with van der Waals surface area (Å²) in [5, 5.41) is 0.510. The minimum absolute atomic E-state index is 0.109. The molecule has 17 heavy (non-hydrogen) atoms. The molecule has 0 spiro atoms. The van der Waals surface area contributed by atoms with E-state index in [4.69, 9.17) is 12.2 Å². The third-order valence-electron chi connectivity index (χ3n) is 2.11. The highest BCUT2D eigenvalue weighted by atomic mass is 16.1. The molecule has 90 valence electrons. The van der Waals surface area contributed by atoms with Crippen LogP contribution in [0.25, 0.3) is 11.0 Å². The van der Waals surface area contributed by atoms with Crippen LogP contribution in [0.4, 0.5) is 5.95 Å². The van der Waals surface area contributed by atoms with E-state index < -0.39 is 0 Å². The number of H-pyrrole nitrogens is 2. The number of hydrogen-bond donors (Lipinski definition) is 3. The van der Waals surface area contributed by atoms with Crippen molar-refractivity contribution < 1.29 is 0 Å². The molecule has 0 aliphatic heterocycles. The smallest absolute Gasteiger partial charge is 0.261 e. The van der Waals surface area contributed by atoms with E-state index in [1.807, 2.05) is 13.8 Å². The van der Waals surface area contributed by atoms with Crippen molar-refractivity contribution in [1.82, 2.24) is 15.0 Å². The number of aromatic amines is 2. The quantitative estimate of drug-likeness (QED) is 0.684. The molecule has 5 nitrogen and oxygen atoms in total. The molecule has 0 saturated carbocycles. The van der Waals surface area contributed by atoms with Crippen LogP contribution >= 0.6 is 0 Å². The lowest BCUT2D eigenvalue weighted by Gasteiger charge is -1.91. The first-order valence-electron chi connectivity index (χ1n) is 5.51. The second-order valence-electron chi connectivity index (χ2n) is 3.21. The van der Waals surface area contributed by atoms with Gasteiger partial charge in [0.15, 0.2) is 0 Å². The van der Waals surface area contributed by atoms with Gasteiger partial charge in [-0.2, -0.15) is 4.98 Å². The molecular formula is C12H16N4O. The van der Waals surface area contributed by atoms with E-state index in [0.717, 1.165) is 5.69 Å². The third-order valence-corrected chi connectivity index (χ3v) is 2.11. The van der Waals surface area contributed by atoms with Crippen molar-refractivity contribution in [3.05, 3.63) is 22.1 Å². The number of rotatable bonds is 2. The van der Waals surface area contributed by atoms with Gasteiger partial charge in [0.25, 0.3) is 5.56 Å². The number of nitrogens with two attached hydrogens (primary N) is 1. The normalized spacial score (nSPS) is 9.47. The molecule has 2 aromatic heterocycles. The number of hydrogen-bond acceptors (Lipinski definition) is 3. The molecule has 0 radical (unpaired) electrons. The zero-order valence-electron chi connectivity index (χ0n) is 10.0. The minimum Gasteiger partial charge on any atom is -0.369 e. The van der Waals surface area contributed by atoms with Crippen molar-refractivity contribution in [1.29, 1.82) is 0 Å². The molecule has 2 aromatic rings. The SMILES string of the molecule is C#CCCc1cc2c(=O)[nH]c(N)nc2[nH]1.CC. The van der Waals surface area contributed by atoms with Gasteiger partial charge in [0.2, 0.25) is 5.95 Å². The zero-order chi connectivity index (χ0) is 12.8. The van der Waals surface area contributed by atoms with Crippen LogP contribution in [0.5, 0.6) is 0 Å². The lowest BCUT2D eigenvalue weighted by molar-refractivity contribution is 0.983. The molecule has 0 fully saturated rings. The average Bonchev–Trinajstić information content (AvgIpc) is 2.72. The van der Waals surface area contributed by atoms with Crippen LogP contribution in [-0.4, -0.2) is 15.0 Å². The maximum absolute atomic E-state index is 11.5. The third kappa shape index (κ3) is 2.88. The summed E-state index contributed by atoms with van der Waals surface area (Å²) in [6.07, 6.45) is 6.48. The van der Waals surface area contributed by atoms with Gasteiger partial charge in [-0.3, -0.25) is 9.78 Å². The standard InChI is InChI=1S/C10H10N4O.C2H6/c1-2-3-4-6-5-7-8(12-6)13-10(11)14-9(7)15;1-2/h1,5H,3-4H2,(H4,11,12,13,14,15);1-2H3. The van der Waals surface area contributed by atoms with Crippen LogP contribution in [-0.2, 0) is 6.42 Å². The Bertz CT molecular complexity index is 589. The summed E-state index contributed by atoms with van der Waals surface area (Å²) in [4.78, 5) is 20.9. The van der Waals surface area contributed by atoms with Crippen molar-refractivity contribution >= 4 is 17.0 Å². The second kappa shape index (κ2) is 5.75. The van der Waals surface area contributed by atoms with Crippen molar-refractivity contribution in [3.8, 4) is 12.3 Å². The van der Waals surface area contributed by atoms with E-state index in [9.17, 15) is 4.79 Å². The summed E-state index contributed by atoms with van der Waals surface area (Å²) < 4.78 is 0. The van der Waals surface area contributed by atoms with Crippen LogP contribution in [0.1, 0.15) is 26.0 Å². The molecule has 0 aliphatic carbocycles. The summed E-state index contributed by atoms with van der Waals surface area (Å²) in [5.41, 5.74) is 6.58. The lowest BCUT2D eigenvalue weighted by atomic mass is 10.2. The molecule has 4 N–H and O–H groups in total. The van der Waals surface area contributed by atoms with Crippen LogP contribution in [0.15, 0.2) is 10.9 Å². The summed E-state index contributed by atoms with van der Waals surface area (Å²) in [7, 11) is 0. The Morgan fingerprint density at radius 3 is 2.82 bits per heavy atom. The van der Waals surface area contributed by atoms with Gasteiger partial charge in [-0.25, -0.2) is 0 Å². The highest BCUT2D eigenvalue weighted by molar-refractivity contribution is 5.76. The summed E-state index contributed by atoms with van der Waals surface area (Å²) >= 11 is 0. The van der Waals surface area contributed by atoms with Gasteiger partial charge >= 0.3 is 0 Å². The molecule has 0 saturated heterocycles. The Hall–Kier alpha value is -2.22. The number of aryl methyl sites for hydroxylation is 1. The molecule has 0 amide bonds. The number of fused-ring (bicyclic) bond motifs is 1. The van der Waals surface area contributed by atoms with E-state index in [1.165, 1.54) is 0 Å². The fraction of sp³-hybridized carbons (Fsp3) is 0.333. The van der Waals surface area contributed by atoms with E-state index in [0.29, 0.717) is 23.9 Å². The minimum atomic E-state index is -0.235. The zero-order valence-corrected chi connectivity index (χ0v) is 10.0. The Kier molecular flexibility index (Phi) is 4.35. The molecule has 0 atom stereocenters. The summed E-state index contributed by atoms with van der Waals surface area (Å²) in [6.45, 7) is 4.00. The Morgan fingerprint density at radius 1 is 1.47 bits per heavy atom. The Balaban J connectivity index is 0.000000686. The van der Waals surface area contributed by atoms with Gasteiger partial charge in [0, 0.05) is 12.1 Å². The largest absolute Gasteiger partial charge is 0.369 e. The first-order valence-corrected chi connectivity index (χ1v) is 5.51. The summed E-state index contributed by atoms with van der Waals surface area (Å²) in [5.74, 6) is 2.64. The van der Waals surface area contributed by atoms with Gasteiger partial charge in [0.05, 0.1) is 5.39 Å². The highest BCUT2D eigenvalue weighted by Gasteiger charge is 2.05. The number of nitrogens with zero attached hydrogens (tertiary/aromatic N) is 1. The van der Waals surface area contributed by atoms with Gasteiger partial charge < -0.3 is 10.7 Å². The molecule has 5 heteroatoms. The maximum atomic E-state index is 11.5. The number of aromatic nitrogens is 3. The molecule has 2 rings (SSSR count). The Morgan fingerprint density at radius 2 is 2.18 bits per heavy atom. The number of nitrogens with one attached hydrogen (secondary N) is 2. The van der Waals surface area contributed by atoms with E-state index >= 15 is 0 Å². The number of anilines is 1. The van der Waals surface area contributed by atoms with E-state index in [-0.39, 0.29) is 11.5 Å². The average molecular weight is 232 g/mol. The predicted octanol–water partition coefficient (Wildman–Crippen LogP) is 1.43. The molecule has 2 heterocycles. The van der Waals surface area contributed by atoms with Crippen molar-refractivity contribution in [2.24, 2.45) is 0 Å². The van der Waals surface area contributed by atoms with Crippen molar-refractivity contribution in [2.45, 2.75) is 26.7 Å². The van der Waals surface area contributed by atoms with Gasteiger partial charge in [-0.1, -0.05) is 13.8 Å². The van der Waals surface area contributed by atoms with Crippen molar-refractivity contribution in [3.63, 3.8) is 0 Å². The van der Waals surface area contributed by atoms with Gasteiger partial charge in [-0.15, -0.1) is 12.3 Å². The molecule has 0 unspecified atom stereocenters. The topological polar surface area (TPSA) is 87.6 Å². The highest BCUT2D eigenvalue weighted by Crippen LogP contribution is 2.10. The van der Waals surface area contributed by atoms with Crippen LogP contribution in [0.2, 0.25) is 0 Å². The number of terminal acetylenes is 1. The number of nitrogen functional groups attached to an aromatic ring is 1. The molecule has 0 aliphatic rings. The Labute approximate surface area is 99.5 Å². The lowest BCUT2D eigenvalue weighted by Crippen LogP contribution is -2.09. The second-order valence-corrected chi connectivity index (χ2v) is 3.21. The van der Waals surface area contributed by atoms with Gasteiger partial charge in [-0.05, 0) is 12.5 Å².